The van der Waals surface area contributed by atoms with E-state index in [1.807, 2.05) is 0 Å². The monoisotopic (exact) mass is 223 g/mol. The van der Waals surface area contributed by atoms with Crippen LogP contribution in [0.4, 0.5) is 0 Å². The number of hydrogen-bond acceptors (Lipinski definition) is 3. The first-order valence-corrected chi connectivity index (χ1v) is 4.89. The molecule has 0 unspecified atom stereocenters. The molecular formula is C11H10ClNO2. The molecule has 78 valence electrons. The van der Waals surface area contributed by atoms with Crippen molar-refractivity contribution in [1.82, 2.24) is 0 Å². The second kappa shape index (κ2) is 3.45. The Kier molecular flexibility index (Phi) is 2.38. The van der Waals surface area contributed by atoms with Crippen LogP contribution < -0.4 is 5.73 Å². The average molecular weight is 224 g/mol. The Morgan fingerprint density at radius 1 is 1.40 bits per heavy atom. The standard InChI is InChI=1S/C11H10ClNO2/c12-8-4-2-1-3-7(8)11(13)6-5-9(14)10(11)15/h1-6,9,14H,13H2/t9-,11-/m1/s1. The molecule has 1 aromatic carbocycles. The van der Waals surface area contributed by atoms with E-state index in [0.717, 1.165) is 0 Å². The maximum Gasteiger partial charge on any atom is 0.193 e. The van der Waals surface area contributed by atoms with Crippen LogP contribution in [0.1, 0.15) is 5.56 Å². The molecule has 0 aromatic heterocycles. The minimum Gasteiger partial charge on any atom is -0.381 e. The fourth-order valence-corrected chi connectivity index (χ4v) is 1.97. The molecule has 0 saturated heterocycles. The summed E-state index contributed by atoms with van der Waals surface area (Å²) in [5, 5.41) is 9.75. The van der Waals surface area contributed by atoms with Crippen molar-refractivity contribution < 1.29 is 9.90 Å². The third-order valence-corrected chi connectivity index (χ3v) is 2.87. The summed E-state index contributed by atoms with van der Waals surface area (Å²) in [4.78, 5) is 11.7. The quantitative estimate of drug-likeness (QED) is 0.698. The number of benzene rings is 1. The molecule has 1 aromatic rings. The molecule has 4 heteroatoms. The van der Waals surface area contributed by atoms with Gasteiger partial charge in [0.1, 0.15) is 11.6 Å². The van der Waals surface area contributed by atoms with Gasteiger partial charge in [0.2, 0.25) is 0 Å². The summed E-state index contributed by atoms with van der Waals surface area (Å²) in [5.41, 5.74) is 5.16. The van der Waals surface area contributed by atoms with E-state index in [1.165, 1.54) is 12.2 Å². The van der Waals surface area contributed by atoms with E-state index in [0.29, 0.717) is 10.6 Å². The van der Waals surface area contributed by atoms with Gasteiger partial charge in [-0.25, -0.2) is 0 Å². The van der Waals surface area contributed by atoms with E-state index in [4.69, 9.17) is 17.3 Å². The van der Waals surface area contributed by atoms with Gasteiger partial charge >= 0.3 is 0 Å². The van der Waals surface area contributed by atoms with Crippen molar-refractivity contribution in [2.24, 2.45) is 5.73 Å². The third-order valence-electron chi connectivity index (χ3n) is 2.54. The van der Waals surface area contributed by atoms with Gasteiger partial charge in [-0.15, -0.1) is 0 Å². The van der Waals surface area contributed by atoms with Gasteiger partial charge in [0.25, 0.3) is 0 Å². The van der Waals surface area contributed by atoms with Gasteiger partial charge in [0.05, 0.1) is 0 Å². The topological polar surface area (TPSA) is 63.3 Å². The van der Waals surface area contributed by atoms with E-state index in [9.17, 15) is 9.90 Å². The van der Waals surface area contributed by atoms with Crippen LogP contribution in [0.15, 0.2) is 36.4 Å². The van der Waals surface area contributed by atoms with Crippen molar-refractivity contribution in [2.75, 3.05) is 0 Å². The summed E-state index contributed by atoms with van der Waals surface area (Å²) >= 11 is 5.96. The Morgan fingerprint density at radius 3 is 2.60 bits per heavy atom. The molecule has 0 aliphatic heterocycles. The van der Waals surface area contributed by atoms with E-state index in [1.54, 1.807) is 24.3 Å². The highest BCUT2D eigenvalue weighted by Crippen LogP contribution is 2.32. The van der Waals surface area contributed by atoms with Crippen molar-refractivity contribution in [1.29, 1.82) is 0 Å². The predicted octanol–water partition coefficient (Wildman–Crippen LogP) is 0.994. The third kappa shape index (κ3) is 1.49. The molecule has 0 bridgehead atoms. The smallest absolute Gasteiger partial charge is 0.193 e. The summed E-state index contributed by atoms with van der Waals surface area (Å²) in [6.45, 7) is 0. The Morgan fingerprint density at radius 2 is 2.07 bits per heavy atom. The number of hydrogen-bond donors (Lipinski definition) is 2. The fourth-order valence-electron chi connectivity index (χ4n) is 1.68. The number of nitrogens with two attached hydrogens (primary N) is 1. The molecule has 2 atom stereocenters. The van der Waals surface area contributed by atoms with Gasteiger partial charge in [-0.3, -0.25) is 4.79 Å². The number of aliphatic hydroxyl groups excluding tert-OH is 1. The van der Waals surface area contributed by atoms with E-state index < -0.39 is 17.4 Å². The zero-order valence-electron chi connectivity index (χ0n) is 7.85. The second-order valence-electron chi connectivity index (χ2n) is 3.52. The van der Waals surface area contributed by atoms with Crippen molar-refractivity contribution >= 4 is 17.4 Å². The van der Waals surface area contributed by atoms with Crippen molar-refractivity contribution in [3.05, 3.63) is 47.0 Å². The number of Topliss-reactive ketones (excluding diaryl/α,β-unsaturated/α-hetero) is 1. The largest absolute Gasteiger partial charge is 0.381 e. The van der Waals surface area contributed by atoms with Crippen LogP contribution in [0, 0.1) is 0 Å². The van der Waals surface area contributed by atoms with Gasteiger partial charge in [-0.2, -0.15) is 0 Å². The normalized spacial score (nSPS) is 29.8. The first kappa shape index (κ1) is 10.4. The predicted molar refractivity (Wildman–Crippen MR) is 57.5 cm³/mol. The van der Waals surface area contributed by atoms with Crippen LogP contribution in [0.25, 0.3) is 0 Å². The molecule has 0 radical (unpaired) electrons. The summed E-state index contributed by atoms with van der Waals surface area (Å²) in [6.07, 6.45) is 1.73. The molecule has 0 fully saturated rings. The highest BCUT2D eigenvalue weighted by Gasteiger charge is 2.42. The molecular weight excluding hydrogens is 214 g/mol. The minimum absolute atomic E-state index is 0.423. The van der Waals surface area contributed by atoms with Gasteiger partial charge in [-0.05, 0) is 6.07 Å². The maximum absolute atomic E-state index is 11.7. The molecule has 1 aliphatic carbocycles. The van der Waals surface area contributed by atoms with Crippen LogP contribution in [0.5, 0.6) is 0 Å². The van der Waals surface area contributed by atoms with Crippen LogP contribution in [-0.2, 0) is 10.3 Å². The summed E-state index contributed by atoms with van der Waals surface area (Å²) in [5.74, 6) is -0.449. The highest BCUT2D eigenvalue weighted by atomic mass is 35.5. The number of carbonyl (C=O) groups is 1. The van der Waals surface area contributed by atoms with E-state index in [-0.39, 0.29) is 0 Å². The lowest BCUT2D eigenvalue weighted by Crippen LogP contribution is -2.44. The van der Waals surface area contributed by atoms with E-state index >= 15 is 0 Å². The zero-order valence-corrected chi connectivity index (χ0v) is 8.61. The van der Waals surface area contributed by atoms with Gasteiger partial charge < -0.3 is 10.8 Å². The van der Waals surface area contributed by atoms with Crippen LogP contribution in [-0.4, -0.2) is 17.0 Å². The highest BCUT2D eigenvalue weighted by molar-refractivity contribution is 6.32. The van der Waals surface area contributed by atoms with Gasteiger partial charge in [0, 0.05) is 10.6 Å². The van der Waals surface area contributed by atoms with Crippen molar-refractivity contribution in [3.63, 3.8) is 0 Å². The first-order chi connectivity index (χ1) is 7.05. The summed E-state index contributed by atoms with van der Waals surface area (Å²) < 4.78 is 0. The fraction of sp³-hybridized carbons (Fsp3) is 0.182. The van der Waals surface area contributed by atoms with Crippen LogP contribution in [0.3, 0.4) is 0 Å². The summed E-state index contributed by atoms with van der Waals surface area (Å²) in [6, 6.07) is 6.86. The van der Waals surface area contributed by atoms with Crippen molar-refractivity contribution in [3.8, 4) is 0 Å². The Bertz CT molecular complexity index is 444. The van der Waals surface area contributed by atoms with Crippen molar-refractivity contribution in [2.45, 2.75) is 11.6 Å². The number of ketones is 1. The number of halogens is 1. The lowest BCUT2D eigenvalue weighted by Gasteiger charge is -2.22. The van der Waals surface area contributed by atoms with Crippen LogP contribution in [0.2, 0.25) is 5.02 Å². The molecule has 0 heterocycles. The minimum atomic E-state index is -1.29. The summed E-state index contributed by atoms with van der Waals surface area (Å²) in [7, 11) is 0. The zero-order chi connectivity index (χ0) is 11.1. The molecule has 0 saturated carbocycles. The van der Waals surface area contributed by atoms with Crippen LogP contribution >= 0.6 is 11.6 Å². The molecule has 0 amide bonds. The number of rotatable bonds is 1. The molecule has 2 rings (SSSR count). The van der Waals surface area contributed by atoms with Gasteiger partial charge in [-0.1, -0.05) is 42.0 Å². The molecule has 3 nitrogen and oxygen atoms in total. The molecule has 1 aliphatic rings. The molecule has 3 N–H and O–H groups in total. The number of carbonyl (C=O) groups excluding carboxylic acids is 1. The lowest BCUT2D eigenvalue weighted by molar-refractivity contribution is -0.127. The molecule has 0 spiro atoms. The van der Waals surface area contributed by atoms with Gasteiger partial charge in [0.15, 0.2) is 5.78 Å². The lowest BCUT2D eigenvalue weighted by atomic mass is 9.89. The Hall–Kier alpha value is -1.16. The van der Waals surface area contributed by atoms with E-state index in [2.05, 4.69) is 0 Å². The Balaban J connectivity index is 2.52. The SMILES string of the molecule is N[C@@]1(c2ccccc2Cl)C=C[C@@H](O)C1=O. The first-order valence-electron chi connectivity index (χ1n) is 4.51. The second-order valence-corrected chi connectivity index (χ2v) is 3.92. The maximum atomic E-state index is 11.7. The Labute approximate surface area is 92.2 Å². The molecule has 15 heavy (non-hydrogen) atoms. The number of aliphatic hydroxyl groups is 1. The average Bonchev–Trinajstić information content (AvgIpc) is 2.48.